The van der Waals surface area contributed by atoms with Crippen molar-refractivity contribution < 1.29 is 14.7 Å². The van der Waals surface area contributed by atoms with Gasteiger partial charge in [-0.25, -0.2) is 5.01 Å². The normalized spacial score (nSPS) is 12.6. The molecule has 0 unspecified atom stereocenters. The van der Waals surface area contributed by atoms with Crippen molar-refractivity contribution in [2.24, 2.45) is 11.5 Å². The molecule has 0 bridgehead atoms. The van der Waals surface area contributed by atoms with Gasteiger partial charge in [-0.15, -0.1) is 0 Å². The van der Waals surface area contributed by atoms with Crippen molar-refractivity contribution in [3.63, 3.8) is 0 Å². The van der Waals surface area contributed by atoms with Gasteiger partial charge in [0.1, 0.15) is 6.54 Å². The summed E-state index contributed by atoms with van der Waals surface area (Å²) >= 11 is 0. The zero-order valence-corrected chi connectivity index (χ0v) is 7.36. The molecule has 0 fully saturated rings. The number of rotatable bonds is 5. The van der Waals surface area contributed by atoms with Gasteiger partial charge in [-0.05, 0) is 0 Å². The van der Waals surface area contributed by atoms with Crippen molar-refractivity contribution >= 4 is 11.9 Å². The van der Waals surface area contributed by atoms with Crippen LogP contribution in [0.3, 0.4) is 0 Å². The highest BCUT2D eigenvalue weighted by Crippen LogP contribution is 1.79. The van der Waals surface area contributed by atoms with E-state index in [2.05, 4.69) is 5.43 Å². The molecule has 0 aliphatic carbocycles. The Balaban J connectivity index is 3.84. The van der Waals surface area contributed by atoms with E-state index in [-0.39, 0.29) is 13.1 Å². The van der Waals surface area contributed by atoms with Gasteiger partial charge < -0.3 is 16.6 Å². The molecular formula is C6H14N4O3. The van der Waals surface area contributed by atoms with Crippen LogP contribution in [0.25, 0.3) is 0 Å². The van der Waals surface area contributed by atoms with Crippen LogP contribution >= 0.6 is 0 Å². The zero-order chi connectivity index (χ0) is 10.4. The summed E-state index contributed by atoms with van der Waals surface area (Å²) < 4.78 is 0. The highest BCUT2D eigenvalue weighted by atomic mass is 16.4. The smallest absolute Gasteiger partial charge is 0.319 e. The topological polar surface area (TPSA) is 122 Å². The molecule has 76 valence electrons. The first-order valence-electron chi connectivity index (χ1n) is 3.66. The van der Waals surface area contributed by atoms with Gasteiger partial charge in [0.25, 0.3) is 5.91 Å². The number of hydrogen-bond donors (Lipinski definition) is 4. The Bertz CT molecular complexity index is 196. The minimum absolute atomic E-state index is 0.0206. The van der Waals surface area contributed by atoms with Crippen LogP contribution in [-0.4, -0.2) is 48.2 Å². The fraction of sp³-hybridized carbons (Fsp3) is 0.667. The fourth-order valence-corrected chi connectivity index (χ4v) is 0.620. The predicted octanol–water partition coefficient (Wildman–Crippen LogP) is -2.68. The van der Waals surface area contributed by atoms with Crippen LogP contribution in [0.15, 0.2) is 0 Å². The number of likely N-dealkylation sites (N-methyl/N-ethyl adjacent to an activating group) is 1. The average molecular weight is 190 g/mol. The van der Waals surface area contributed by atoms with E-state index in [0.717, 1.165) is 5.01 Å². The lowest BCUT2D eigenvalue weighted by atomic mass is 10.3. The van der Waals surface area contributed by atoms with Gasteiger partial charge in [-0.3, -0.25) is 15.0 Å². The summed E-state index contributed by atoms with van der Waals surface area (Å²) in [4.78, 5) is 21.2. The van der Waals surface area contributed by atoms with Crippen molar-refractivity contribution in [2.45, 2.75) is 6.04 Å². The summed E-state index contributed by atoms with van der Waals surface area (Å²) in [5.74, 6) is -1.53. The van der Waals surface area contributed by atoms with E-state index < -0.39 is 17.9 Å². The second kappa shape index (κ2) is 5.46. The molecule has 7 nitrogen and oxygen atoms in total. The second-order valence-electron chi connectivity index (χ2n) is 2.57. The van der Waals surface area contributed by atoms with Crippen LogP contribution in [0.1, 0.15) is 0 Å². The Morgan fingerprint density at radius 2 is 2.15 bits per heavy atom. The lowest BCUT2D eigenvalue weighted by Crippen LogP contribution is -2.51. The van der Waals surface area contributed by atoms with E-state index >= 15 is 0 Å². The number of hydrogen-bond acceptors (Lipinski definition) is 5. The molecule has 0 saturated carbocycles. The van der Waals surface area contributed by atoms with Crippen molar-refractivity contribution in [3.05, 3.63) is 0 Å². The first-order valence-corrected chi connectivity index (χ1v) is 3.66. The number of nitrogens with two attached hydrogens (primary N) is 2. The molecule has 0 rings (SSSR count). The van der Waals surface area contributed by atoms with Crippen LogP contribution in [0.2, 0.25) is 0 Å². The van der Waals surface area contributed by atoms with E-state index in [9.17, 15) is 9.59 Å². The molecule has 0 aliphatic heterocycles. The third-order valence-electron chi connectivity index (χ3n) is 1.26. The van der Waals surface area contributed by atoms with Crippen LogP contribution in [0.4, 0.5) is 0 Å². The van der Waals surface area contributed by atoms with Crippen LogP contribution < -0.4 is 16.9 Å². The van der Waals surface area contributed by atoms with Gasteiger partial charge in [0.15, 0.2) is 0 Å². The van der Waals surface area contributed by atoms with Crippen molar-refractivity contribution in [2.75, 3.05) is 20.1 Å². The molecule has 0 aromatic heterocycles. The molecule has 6 N–H and O–H groups in total. The minimum Gasteiger partial charge on any atom is -0.480 e. The van der Waals surface area contributed by atoms with Crippen LogP contribution in [0, 0.1) is 0 Å². The lowest BCUT2D eigenvalue weighted by molar-refractivity contribution is -0.139. The number of carbonyl (C=O) groups excluding carboxylic acids is 1. The van der Waals surface area contributed by atoms with Crippen molar-refractivity contribution in [1.29, 1.82) is 0 Å². The maximum atomic E-state index is 11.0. The molecule has 1 amide bonds. The average Bonchev–Trinajstić information content (AvgIpc) is 2.01. The quantitative estimate of drug-likeness (QED) is 0.350. The van der Waals surface area contributed by atoms with E-state index in [1.807, 2.05) is 0 Å². The molecule has 0 spiro atoms. The Morgan fingerprint density at radius 1 is 1.62 bits per heavy atom. The Hall–Kier alpha value is -1.18. The van der Waals surface area contributed by atoms with Gasteiger partial charge in [0, 0.05) is 13.6 Å². The van der Waals surface area contributed by atoms with Crippen LogP contribution in [0.5, 0.6) is 0 Å². The fourth-order valence-electron chi connectivity index (χ4n) is 0.620. The monoisotopic (exact) mass is 190 g/mol. The zero-order valence-electron chi connectivity index (χ0n) is 7.36. The molecule has 13 heavy (non-hydrogen) atoms. The highest BCUT2D eigenvalue weighted by molar-refractivity contribution is 5.81. The maximum Gasteiger partial charge on any atom is 0.319 e. The number of nitrogens with one attached hydrogen (secondary N) is 1. The SMILES string of the molecule is CN(CC(=O)O)NC(=O)[C@@H](N)CN. The van der Waals surface area contributed by atoms with E-state index in [1.165, 1.54) is 7.05 Å². The molecule has 1 atom stereocenters. The van der Waals surface area contributed by atoms with E-state index in [4.69, 9.17) is 16.6 Å². The van der Waals surface area contributed by atoms with Crippen molar-refractivity contribution in [1.82, 2.24) is 10.4 Å². The highest BCUT2D eigenvalue weighted by Gasteiger charge is 2.13. The number of amides is 1. The van der Waals surface area contributed by atoms with E-state index in [0.29, 0.717) is 0 Å². The molecule has 0 aliphatic rings. The van der Waals surface area contributed by atoms with Gasteiger partial charge >= 0.3 is 5.97 Å². The predicted molar refractivity (Wildman–Crippen MR) is 45.4 cm³/mol. The number of carboxylic acids is 1. The first kappa shape index (κ1) is 11.8. The summed E-state index contributed by atoms with van der Waals surface area (Å²) in [6.45, 7) is -0.268. The Labute approximate surface area is 75.6 Å². The first-order chi connectivity index (χ1) is 5.97. The van der Waals surface area contributed by atoms with Crippen molar-refractivity contribution in [3.8, 4) is 0 Å². The molecule has 0 aromatic rings. The minimum atomic E-state index is -1.04. The van der Waals surface area contributed by atoms with Gasteiger partial charge in [-0.1, -0.05) is 0 Å². The summed E-state index contributed by atoms with van der Waals surface area (Å²) in [5, 5.41) is 9.47. The molecular weight excluding hydrogens is 176 g/mol. The van der Waals surface area contributed by atoms with E-state index in [1.54, 1.807) is 0 Å². The number of aliphatic carboxylic acids is 1. The molecule has 0 heterocycles. The Kier molecular flexibility index (Phi) is 4.97. The van der Waals surface area contributed by atoms with Gasteiger partial charge in [0.05, 0.1) is 6.04 Å². The number of carbonyl (C=O) groups is 2. The van der Waals surface area contributed by atoms with Crippen LogP contribution in [-0.2, 0) is 9.59 Å². The molecule has 0 saturated heterocycles. The summed E-state index contributed by atoms with van der Waals surface area (Å²) in [6.07, 6.45) is 0. The van der Waals surface area contributed by atoms with Gasteiger partial charge in [0.2, 0.25) is 0 Å². The largest absolute Gasteiger partial charge is 0.480 e. The maximum absolute atomic E-state index is 11.0. The number of nitrogens with zero attached hydrogens (tertiary/aromatic N) is 1. The second-order valence-corrected chi connectivity index (χ2v) is 2.57. The lowest BCUT2D eigenvalue weighted by Gasteiger charge is -2.17. The Morgan fingerprint density at radius 3 is 2.54 bits per heavy atom. The molecule has 7 heteroatoms. The summed E-state index contributed by atoms with van der Waals surface area (Å²) in [6, 6.07) is -0.809. The standard InChI is InChI=1S/C6H14N4O3/c1-10(3-5(11)12)9-6(13)4(8)2-7/h4H,2-3,7-8H2,1H3,(H,9,13)(H,11,12)/t4-/m0/s1. The molecule has 0 aromatic carbocycles. The summed E-state index contributed by atoms with van der Waals surface area (Å²) in [7, 11) is 1.43. The number of hydrazine groups is 1. The van der Waals surface area contributed by atoms with Gasteiger partial charge in [-0.2, -0.15) is 0 Å². The third-order valence-corrected chi connectivity index (χ3v) is 1.26. The number of carboxylic acid groups (broad SMARTS) is 1. The third kappa shape index (κ3) is 5.12. The molecule has 0 radical (unpaired) electrons. The summed E-state index contributed by atoms with van der Waals surface area (Å²) in [5.41, 5.74) is 12.7.